The van der Waals surface area contributed by atoms with E-state index < -0.39 is 17.1 Å². The van der Waals surface area contributed by atoms with E-state index in [-0.39, 0.29) is 11.4 Å². The van der Waals surface area contributed by atoms with Crippen molar-refractivity contribution in [3.8, 4) is 11.5 Å². The smallest absolute Gasteiger partial charge is 0.294 e. The van der Waals surface area contributed by atoms with Gasteiger partial charge in [-0.05, 0) is 82.9 Å². The van der Waals surface area contributed by atoms with Crippen LogP contribution in [0.3, 0.4) is 0 Å². The van der Waals surface area contributed by atoms with E-state index in [4.69, 9.17) is 9.47 Å². The molecule has 1 heterocycles. The van der Waals surface area contributed by atoms with E-state index in [1.165, 1.54) is 0 Å². The summed E-state index contributed by atoms with van der Waals surface area (Å²) in [6, 6.07) is 16.9. The lowest BCUT2D eigenvalue weighted by Crippen LogP contribution is -2.36. The Morgan fingerprint density at radius 3 is 2.64 bits per heavy atom. The molecule has 4 rings (SSSR count). The van der Waals surface area contributed by atoms with Gasteiger partial charge < -0.3 is 14.8 Å². The molecule has 0 aromatic heterocycles. The van der Waals surface area contributed by atoms with Crippen LogP contribution in [-0.4, -0.2) is 41.7 Å². The number of carbonyl (C=O) groups excluding carboxylic acids is 3. The predicted molar refractivity (Wildman–Crippen MR) is 151 cm³/mol. The normalized spacial score (nSPS) is 14.5. The third kappa shape index (κ3) is 5.84. The standard InChI is InChI=1S/C27H25IN2O5S/c1-3-12-35-25-20(28)13-17(14-22(25)34-4-2)15-23-26(32)30(27(33)36-23)16-24(31)29-21-11-7-9-18-8-5-6-10-19(18)21/h5-11,13-15H,3-4,12,16H2,1-2H3,(H,29,31)/b23-15-. The fourth-order valence-corrected chi connectivity index (χ4v) is 5.35. The van der Waals surface area contributed by atoms with Crippen molar-refractivity contribution < 1.29 is 23.9 Å². The number of carbonyl (C=O) groups is 3. The molecule has 0 radical (unpaired) electrons. The maximum atomic E-state index is 13.0. The van der Waals surface area contributed by atoms with Gasteiger partial charge in [0.1, 0.15) is 6.54 Å². The summed E-state index contributed by atoms with van der Waals surface area (Å²) in [5.41, 5.74) is 1.33. The molecular weight excluding hydrogens is 591 g/mol. The molecular formula is C27H25IN2O5S. The van der Waals surface area contributed by atoms with Crippen LogP contribution in [0, 0.1) is 3.57 Å². The number of imide groups is 1. The van der Waals surface area contributed by atoms with Gasteiger partial charge in [-0.15, -0.1) is 0 Å². The number of amides is 3. The van der Waals surface area contributed by atoms with Crippen molar-refractivity contribution in [3.63, 3.8) is 0 Å². The zero-order chi connectivity index (χ0) is 25.7. The summed E-state index contributed by atoms with van der Waals surface area (Å²) < 4.78 is 12.4. The van der Waals surface area contributed by atoms with Crippen LogP contribution >= 0.6 is 34.4 Å². The number of hydrogen-bond acceptors (Lipinski definition) is 6. The maximum absolute atomic E-state index is 13.0. The number of halogens is 1. The van der Waals surface area contributed by atoms with E-state index in [0.29, 0.717) is 36.0 Å². The fourth-order valence-electron chi connectivity index (χ4n) is 3.73. The predicted octanol–water partition coefficient (Wildman–Crippen LogP) is 6.31. The maximum Gasteiger partial charge on any atom is 0.294 e. The molecule has 3 aromatic carbocycles. The number of ether oxygens (including phenoxy) is 2. The van der Waals surface area contributed by atoms with Crippen molar-refractivity contribution in [2.24, 2.45) is 0 Å². The van der Waals surface area contributed by atoms with Crippen LogP contribution in [0.25, 0.3) is 16.8 Å². The Kier molecular flexibility index (Phi) is 8.52. The number of hydrogen-bond donors (Lipinski definition) is 1. The summed E-state index contributed by atoms with van der Waals surface area (Å²) in [6.07, 6.45) is 2.51. The van der Waals surface area contributed by atoms with E-state index in [1.807, 2.05) is 56.3 Å². The van der Waals surface area contributed by atoms with Gasteiger partial charge in [-0.25, -0.2) is 0 Å². The number of thioether (sulfide) groups is 1. The van der Waals surface area contributed by atoms with Crippen LogP contribution in [-0.2, 0) is 9.59 Å². The van der Waals surface area contributed by atoms with Crippen LogP contribution in [0.2, 0.25) is 0 Å². The van der Waals surface area contributed by atoms with Gasteiger partial charge >= 0.3 is 0 Å². The molecule has 1 aliphatic heterocycles. The van der Waals surface area contributed by atoms with Crippen molar-refractivity contribution in [1.82, 2.24) is 4.90 Å². The molecule has 1 N–H and O–H groups in total. The van der Waals surface area contributed by atoms with E-state index in [0.717, 1.165) is 37.4 Å². The van der Waals surface area contributed by atoms with E-state index >= 15 is 0 Å². The Balaban J connectivity index is 1.51. The molecule has 9 heteroatoms. The number of fused-ring (bicyclic) bond motifs is 1. The highest BCUT2D eigenvalue weighted by atomic mass is 127. The van der Waals surface area contributed by atoms with Crippen LogP contribution in [0.15, 0.2) is 59.5 Å². The summed E-state index contributed by atoms with van der Waals surface area (Å²) in [5, 5.41) is 4.21. The molecule has 3 amide bonds. The second kappa shape index (κ2) is 11.8. The average Bonchev–Trinajstić information content (AvgIpc) is 3.11. The third-order valence-corrected chi connectivity index (χ3v) is 7.03. The molecule has 0 unspecified atom stereocenters. The molecule has 0 bridgehead atoms. The quantitative estimate of drug-likeness (QED) is 0.224. The molecule has 7 nitrogen and oxygen atoms in total. The highest BCUT2D eigenvalue weighted by Crippen LogP contribution is 2.37. The third-order valence-electron chi connectivity index (χ3n) is 5.32. The van der Waals surface area contributed by atoms with Crippen LogP contribution in [0.1, 0.15) is 25.8 Å². The lowest BCUT2D eigenvalue weighted by atomic mass is 10.1. The average molecular weight is 616 g/mol. The highest BCUT2D eigenvalue weighted by Gasteiger charge is 2.36. The minimum absolute atomic E-state index is 0.249. The molecule has 1 saturated heterocycles. The minimum Gasteiger partial charge on any atom is -0.490 e. The first-order chi connectivity index (χ1) is 17.4. The molecule has 0 aliphatic carbocycles. The molecule has 1 aliphatic rings. The van der Waals surface area contributed by atoms with Crippen molar-refractivity contribution in [2.45, 2.75) is 20.3 Å². The van der Waals surface area contributed by atoms with Gasteiger partial charge in [0.15, 0.2) is 11.5 Å². The van der Waals surface area contributed by atoms with Crippen LogP contribution in [0.4, 0.5) is 10.5 Å². The van der Waals surface area contributed by atoms with E-state index in [1.54, 1.807) is 18.2 Å². The van der Waals surface area contributed by atoms with Crippen molar-refractivity contribution >= 4 is 73.9 Å². The molecule has 36 heavy (non-hydrogen) atoms. The van der Waals surface area contributed by atoms with Gasteiger partial charge in [-0.2, -0.15) is 0 Å². The Bertz CT molecular complexity index is 1350. The molecule has 1 fully saturated rings. The fraction of sp³-hybridized carbons (Fsp3) is 0.222. The van der Waals surface area contributed by atoms with Crippen molar-refractivity contribution in [2.75, 3.05) is 25.1 Å². The second-order valence-electron chi connectivity index (χ2n) is 7.95. The molecule has 186 valence electrons. The second-order valence-corrected chi connectivity index (χ2v) is 10.1. The highest BCUT2D eigenvalue weighted by molar-refractivity contribution is 14.1. The van der Waals surface area contributed by atoms with Crippen LogP contribution in [0.5, 0.6) is 11.5 Å². The molecule has 0 saturated carbocycles. The van der Waals surface area contributed by atoms with E-state index in [9.17, 15) is 14.4 Å². The van der Waals surface area contributed by atoms with Crippen LogP contribution < -0.4 is 14.8 Å². The Morgan fingerprint density at radius 2 is 1.86 bits per heavy atom. The monoisotopic (exact) mass is 616 g/mol. The van der Waals surface area contributed by atoms with Gasteiger partial charge in [0.05, 0.1) is 21.7 Å². The zero-order valence-electron chi connectivity index (χ0n) is 19.9. The number of benzene rings is 3. The first kappa shape index (κ1) is 26.0. The van der Waals surface area contributed by atoms with Gasteiger partial charge in [0.25, 0.3) is 11.1 Å². The minimum atomic E-state index is -0.502. The Labute approximate surface area is 227 Å². The molecule has 0 spiro atoms. The number of anilines is 1. The first-order valence-corrected chi connectivity index (χ1v) is 13.4. The lowest BCUT2D eigenvalue weighted by molar-refractivity contribution is -0.127. The summed E-state index contributed by atoms with van der Waals surface area (Å²) in [7, 11) is 0. The van der Waals surface area contributed by atoms with Crippen molar-refractivity contribution in [1.29, 1.82) is 0 Å². The SMILES string of the molecule is CCCOc1c(I)cc(/C=C2\SC(=O)N(CC(=O)Nc3cccc4ccccc34)C2=O)cc1OCC. The number of rotatable bonds is 9. The Morgan fingerprint density at radius 1 is 1.08 bits per heavy atom. The molecule has 3 aromatic rings. The zero-order valence-corrected chi connectivity index (χ0v) is 22.9. The summed E-state index contributed by atoms with van der Waals surface area (Å²) in [4.78, 5) is 39.5. The van der Waals surface area contributed by atoms with E-state index in [2.05, 4.69) is 27.9 Å². The van der Waals surface area contributed by atoms with Gasteiger partial charge in [0, 0.05) is 11.1 Å². The summed E-state index contributed by atoms with van der Waals surface area (Å²) >= 11 is 2.98. The first-order valence-electron chi connectivity index (χ1n) is 11.5. The van der Waals surface area contributed by atoms with Gasteiger partial charge in [-0.1, -0.05) is 43.3 Å². The topological polar surface area (TPSA) is 84.9 Å². The lowest BCUT2D eigenvalue weighted by Gasteiger charge is -2.14. The molecule has 0 atom stereocenters. The van der Waals surface area contributed by atoms with Gasteiger partial charge in [0.2, 0.25) is 5.91 Å². The number of nitrogens with one attached hydrogen (secondary N) is 1. The summed E-state index contributed by atoms with van der Waals surface area (Å²) in [5.74, 6) is 0.297. The van der Waals surface area contributed by atoms with Crippen molar-refractivity contribution in [3.05, 3.63) is 68.6 Å². The largest absolute Gasteiger partial charge is 0.490 e. The number of nitrogens with zero attached hydrogens (tertiary/aromatic N) is 1. The summed E-state index contributed by atoms with van der Waals surface area (Å²) in [6.45, 7) is 4.58. The van der Waals surface area contributed by atoms with Gasteiger partial charge in [-0.3, -0.25) is 19.3 Å². The Hall–Kier alpha value is -3.05.